The van der Waals surface area contributed by atoms with Crippen LogP contribution in [0.25, 0.3) is 252 Å². The summed E-state index contributed by atoms with van der Waals surface area (Å²) in [6, 6.07) is 91.7. The average Bonchev–Trinajstić information content (AvgIpc) is 1.58. The Morgan fingerprint density at radius 2 is 0.539 bits per heavy atom. The number of pyridine rings is 4. The molecule has 0 bridgehead atoms. The first-order valence-electron chi connectivity index (χ1n) is 42.2. The van der Waals surface area contributed by atoms with Gasteiger partial charge in [0.2, 0.25) is 0 Å². The van der Waals surface area contributed by atoms with Gasteiger partial charge in [-0.1, -0.05) is 170 Å². The fourth-order valence-corrected chi connectivity index (χ4v) is 22.0. The molecule has 12 heterocycles. The fourth-order valence-electron chi connectivity index (χ4n) is 19.3. The standard InChI is InChI=1S/C112H64N8O4S4/c1-5-19-87(109-117-33-37-125-109)79(15-1)83-23-9-25-85-95-55-77(53-91(105(95)123-103(83)85)65-13-11-31-113-57-65)75-43-67(63-27-29-101-93(51-63)99-61-115-59-97(107(99)121-101)81-17-3-7-21-89(81)111-119-35-39-127-111)41-69(49-75)71-45-73-47-72(48-74(73)46-71)70-42-68(64-28-30-102-94(52-64)100-62-116-60-98(108(100)122-102)82-18-4-8-22-90(82)112-120-36-40-128-112)44-76(50-70)78-54-92(66-14-12-32-114-58-66)106-96(56-78)86-26-10-24-84(104(86)124-106)80-16-2-6-20-88(80)110-118-34-38-126-110/h1-45,48-62H,46-47H2. The number of thiazole rings is 4. The minimum absolute atomic E-state index is 0.720. The van der Waals surface area contributed by atoms with Crippen molar-refractivity contribution in [2.45, 2.75) is 12.8 Å². The van der Waals surface area contributed by atoms with Crippen molar-refractivity contribution in [3.8, 4) is 154 Å². The highest BCUT2D eigenvalue weighted by molar-refractivity contribution is 7.14. The number of benzene rings is 12. The van der Waals surface area contributed by atoms with Gasteiger partial charge in [0, 0.05) is 206 Å². The summed E-state index contributed by atoms with van der Waals surface area (Å²) in [5, 5.41) is 19.7. The maximum atomic E-state index is 7.29. The van der Waals surface area contributed by atoms with Crippen molar-refractivity contribution in [2.75, 3.05) is 0 Å². The van der Waals surface area contributed by atoms with Crippen molar-refractivity contribution in [2.24, 2.45) is 0 Å². The lowest BCUT2D eigenvalue weighted by Gasteiger charge is -2.15. The smallest absolute Gasteiger partial charge is 0.146 e. The van der Waals surface area contributed by atoms with Crippen molar-refractivity contribution >= 4 is 144 Å². The van der Waals surface area contributed by atoms with E-state index in [0.717, 1.165) is 265 Å². The summed E-state index contributed by atoms with van der Waals surface area (Å²) in [5.41, 5.74) is 37.9. The van der Waals surface area contributed by atoms with Crippen molar-refractivity contribution < 1.29 is 17.7 Å². The highest BCUT2D eigenvalue weighted by Gasteiger charge is 2.30. The second-order valence-corrected chi connectivity index (χ2v) is 36.1. The first-order valence-corrected chi connectivity index (χ1v) is 45.7. The van der Waals surface area contributed by atoms with Crippen LogP contribution in [0.15, 0.2) is 392 Å². The molecule has 0 unspecified atom stereocenters. The zero-order chi connectivity index (χ0) is 84.0. The molecule has 0 amide bonds. The summed E-state index contributed by atoms with van der Waals surface area (Å²) in [6.45, 7) is 0. The summed E-state index contributed by atoms with van der Waals surface area (Å²) in [4.78, 5) is 38.3. The lowest BCUT2D eigenvalue weighted by molar-refractivity contribution is 0.669. The number of aromatic nitrogens is 8. The quantitative estimate of drug-likeness (QED) is 0.0904. The van der Waals surface area contributed by atoms with Gasteiger partial charge in [0.25, 0.3) is 0 Å². The molecule has 24 aromatic rings. The highest BCUT2D eigenvalue weighted by Crippen LogP contribution is 2.53. The van der Waals surface area contributed by atoms with Gasteiger partial charge in [-0.25, -0.2) is 19.9 Å². The lowest BCUT2D eigenvalue weighted by Crippen LogP contribution is -1.92. The van der Waals surface area contributed by atoms with E-state index in [1.54, 1.807) is 45.3 Å². The third-order valence-electron chi connectivity index (χ3n) is 25.2. The Bertz CT molecular complexity index is 8250. The molecule has 16 heteroatoms. The van der Waals surface area contributed by atoms with Crippen LogP contribution in [0.3, 0.4) is 0 Å². The second kappa shape index (κ2) is 30.0. The van der Waals surface area contributed by atoms with Gasteiger partial charge in [-0.2, -0.15) is 0 Å². The number of hydrogen-bond donors (Lipinski definition) is 0. The van der Waals surface area contributed by atoms with Crippen LogP contribution in [0.4, 0.5) is 0 Å². The minimum Gasteiger partial charge on any atom is -0.455 e. The molecular formula is C112H64N8O4S4. The summed E-state index contributed by atoms with van der Waals surface area (Å²) < 4.78 is 28.5. The fraction of sp³-hybridized carbons (Fsp3) is 0.0179. The second-order valence-electron chi connectivity index (χ2n) is 32.5. The van der Waals surface area contributed by atoms with E-state index in [1.165, 1.54) is 22.3 Å². The number of fused-ring (bicyclic) bond motifs is 12. The number of nitrogens with zero attached hydrogens (tertiary/aromatic N) is 8. The van der Waals surface area contributed by atoms with Gasteiger partial charge in [0.15, 0.2) is 0 Å². The molecular weight excluding hydrogens is 1650 g/mol. The molecule has 600 valence electrons. The van der Waals surface area contributed by atoms with E-state index in [0.29, 0.717) is 0 Å². The molecule has 0 radical (unpaired) electrons. The Morgan fingerprint density at radius 1 is 0.203 bits per heavy atom. The predicted octanol–water partition coefficient (Wildman–Crippen LogP) is 31.6. The van der Waals surface area contributed by atoms with Crippen LogP contribution in [0.2, 0.25) is 0 Å². The summed E-state index contributed by atoms with van der Waals surface area (Å²) in [7, 11) is 0. The van der Waals surface area contributed by atoms with E-state index in [-0.39, 0.29) is 0 Å². The van der Waals surface area contributed by atoms with Gasteiger partial charge in [-0.15, -0.1) is 45.3 Å². The zero-order valence-corrected chi connectivity index (χ0v) is 71.2. The molecule has 0 spiro atoms. The average molecular weight is 1710 g/mol. The monoisotopic (exact) mass is 1710 g/mol. The summed E-state index contributed by atoms with van der Waals surface area (Å²) in [6.07, 6.45) is 29.0. The van der Waals surface area contributed by atoms with Crippen LogP contribution in [0, 0.1) is 0 Å². The van der Waals surface area contributed by atoms with Crippen LogP contribution < -0.4 is 0 Å². The number of para-hydroxylation sites is 2. The molecule has 0 saturated carbocycles. The summed E-state index contributed by atoms with van der Waals surface area (Å²) in [5.74, 6) is 0. The maximum absolute atomic E-state index is 7.29. The lowest BCUT2D eigenvalue weighted by atomic mass is 9.89. The van der Waals surface area contributed by atoms with Gasteiger partial charge in [0.1, 0.15) is 64.7 Å². The van der Waals surface area contributed by atoms with E-state index in [9.17, 15) is 0 Å². The van der Waals surface area contributed by atoms with E-state index in [1.807, 2.05) is 108 Å². The summed E-state index contributed by atoms with van der Waals surface area (Å²) >= 11 is 6.50. The van der Waals surface area contributed by atoms with E-state index < -0.39 is 0 Å². The van der Waals surface area contributed by atoms with Crippen LogP contribution in [0.1, 0.15) is 24.0 Å². The normalized spacial score (nSPS) is 12.8. The maximum Gasteiger partial charge on any atom is 0.146 e. The third-order valence-corrected chi connectivity index (χ3v) is 28.5. The van der Waals surface area contributed by atoms with Crippen LogP contribution in [-0.4, -0.2) is 39.9 Å². The molecule has 128 heavy (non-hydrogen) atoms. The number of rotatable bonds is 16. The van der Waals surface area contributed by atoms with Gasteiger partial charge in [-0.3, -0.25) is 19.9 Å². The van der Waals surface area contributed by atoms with Gasteiger partial charge >= 0.3 is 0 Å². The minimum atomic E-state index is 0.720. The van der Waals surface area contributed by atoms with E-state index in [4.69, 9.17) is 57.5 Å². The zero-order valence-electron chi connectivity index (χ0n) is 67.9. The largest absolute Gasteiger partial charge is 0.455 e. The Hall–Kier alpha value is -15.8. The highest BCUT2D eigenvalue weighted by atomic mass is 32.1. The molecule has 12 nitrogen and oxygen atoms in total. The van der Waals surface area contributed by atoms with Crippen molar-refractivity contribution in [3.63, 3.8) is 0 Å². The van der Waals surface area contributed by atoms with Crippen LogP contribution in [-0.2, 0) is 0 Å². The molecule has 0 N–H and O–H groups in total. The van der Waals surface area contributed by atoms with Crippen molar-refractivity contribution in [1.82, 2.24) is 39.9 Å². The third kappa shape index (κ3) is 12.3. The molecule has 0 atom stereocenters. The van der Waals surface area contributed by atoms with Crippen molar-refractivity contribution in [1.29, 1.82) is 0 Å². The molecule has 0 aliphatic heterocycles. The van der Waals surface area contributed by atoms with Gasteiger partial charge in [-0.05, 0) is 210 Å². The molecule has 2 aliphatic rings. The van der Waals surface area contributed by atoms with E-state index >= 15 is 0 Å². The Morgan fingerprint density at radius 3 is 0.914 bits per heavy atom. The number of hydrogen-bond acceptors (Lipinski definition) is 16. The van der Waals surface area contributed by atoms with Crippen molar-refractivity contribution in [3.05, 3.63) is 385 Å². The molecule has 12 aromatic heterocycles. The Kier molecular flexibility index (Phi) is 17.3. The molecule has 0 saturated heterocycles. The van der Waals surface area contributed by atoms with Gasteiger partial charge < -0.3 is 17.7 Å². The molecule has 2 aliphatic carbocycles. The van der Waals surface area contributed by atoms with E-state index in [2.05, 4.69) is 255 Å². The molecule has 26 rings (SSSR count). The van der Waals surface area contributed by atoms with Crippen LogP contribution in [0.5, 0.6) is 0 Å². The van der Waals surface area contributed by atoms with Crippen LogP contribution >= 0.6 is 45.3 Å². The first-order chi connectivity index (χ1) is 63.4. The molecule has 12 aromatic carbocycles. The Labute approximate surface area is 747 Å². The Balaban J connectivity index is 0.625. The van der Waals surface area contributed by atoms with Gasteiger partial charge in [0.05, 0.1) is 0 Å². The SMILES string of the molecule is C1=C(c2cc(-c3ccc4oc5c(-c6ccccc6-c6nccs6)cncc5c4c3)cc(-c3cc(-c4cccnc4)c4oc5c(-c6ccccc6-c6nccs6)cccc5c4c3)c2)CC2=C1CC(c1cc(-c3ccc4oc5c(-c6ccccc6-c6nccs6)cncc5c4c3)cc(-c3cc(-c4cccnc4)c4oc5c(-c6ccccc6-c6nccs6)cccc5c4c3)c1)=C2. The first kappa shape index (κ1) is 73.7. The predicted molar refractivity (Wildman–Crippen MR) is 524 cm³/mol. The topological polar surface area (TPSA) is 156 Å². The number of allylic oxidation sites excluding steroid dienone is 6. The number of furan rings is 4. The molecule has 0 fully saturated rings.